The van der Waals surface area contributed by atoms with Gasteiger partial charge in [0.2, 0.25) is 0 Å². The summed E-state index contributed by atoms with van der Waals surface area (Å²) < 4.78 is 38.0. The minimum Gasteiger partial charge on any atom is -0.354 e. The van der Waals surface area contributed by atoms with Crippen molar-refractivity contribution in [1.29, 1.82) is 0 Å². The van der Waals surface area contributed by atoms with Crippen LogP contribution < -0.4 is 10.2 Å². The fourth-order valence-electron chi connectivity index (χ4n) is 3.24. The zero-order chi connectivity index (χ0) is 19.7. The number of rotatable bonds is 3. The number of pyridine rings is 1. The van der Waals surface area contributed by atoms with Gasteiger partial charge in [0.15, 0.2) is 0 Å². The Bertz CT molecular complexity index is 1020. The van der Waals surface area contributed by atoms with Crippen molar-refractivity contribution in [2.75, 3.05) is 16.8 Å². The Kier molecular flexibility index (Phi) is 4.50. The van der Waals surface area contributed by atoms with Gasteiger partial charge in [-0.25, -0.2) is 0 Å². The van der Waals surface area contributed by atoms with E-state index in [-0.39, 0.29) is 5.91 Å². The molecule has 2 aromatic carbocycles. The Morgan fingerprint density at radius 3 is 2.50 bits per heavy atom. The second kappa shape index (κ2) is 6.99. The fourth-order valence-corrected chi connectivity index (χ4v) is 3.24. The summed E-state index contributed by atoms with van der Waals surface area (Å²) in [6.07, 6.45) is -0.565. The number of alkyl halides is 3. The number of carbonyl (C=O) groups is 1. The molecule has 28 heavy (non-hydrogen) atoms. The normalized spacial score (nSPS) is 13.3. The summed E-state index contributed by atoms with van der Waals surface area (Å²) >= 11 is 0. The van der Waals surface area contributed by atoms with Crippen LogP contribution in [0, 0.1) is 0 Å². The third-order valence-corrected chi connectivity index (χ3v) is 4.62. The number of nitrogens with one attached hydrogen (secondary N) is 1. The number of carbonyl (C=O) groups excluding carboxylic acids is 1. The number of aromatic nitrogens is 1. The molecule has 1 aliphatic rings. The maximum Gasteiger partial charge on any atom is 0.416 e. The van der Waals surface area contributed by atoms with Gasteiger partial charge in [-0.3, -0.25) is 9.78 Å². The Labute approximate surface area is 159 Å². The van der Waals surface area contributed by atoms with E-state index < -0.39 is 11.7 Å². The first-order chi connectivity index (χ1) is 13.4. The minimum absolute atomic E-state index is 0.159. The SMILES string of the molecule is O=C(c1cncc(Nc2ccc(C(F)(F)F)cc2)c1)N1CCc2ccccc21. The van der Waals surface area contributed by atoms with E-state index in [2.05, 4.69) is 10.3 Å². The molecule has 0 radical (unpaired) electrons. The first kappa shape index (κ1) is 18.0. The molecule has 4 nitrogen and oxygen atoms in total. The summed E-state index contributed by atoms with van der Waals surface area (Å²) in [5.74, 6) is -0.159. The van der Waals surface area contributed by atoms with Gasteiger partial charge in [-0.15, -0.1) is 0 Å². The van der Waals surface area contributed by atoms with Crippen LogP contribution >= 0.6 is 0 Å². The van der Waals surface area contributed by atoms with E-state index in [0.29, 0.717) is 23.5 Å². The highest BCUT2D eigenvalue weighted by Gasteiger charge is 2.30. The maximum absolute atomic E-state index is 12.9. The van der Waals surface area contributed by atoms with Crippen LogP contribution in [0.2, 0.25) is 0 Å². The zero-order valence-corrected chi connectivity index (χ0v) is 14.7. The van der Waals surface area contributed by atoms with Gasteiger partial charge >= 0.3 is 6.18 Å². The van der Waals surface area contributed by atoms with Crippen molar-refractivity contribution in [2.45, 2.75) is 12.6 Å². The van der Waals surface area contributed by atoms with E-state index in [0.717, 1.165) is 29.8 Å². The van der Waals surface area contributed by atoms with Gasteiger partial charge in [0.1, 0.15) is 0 Å². The first-order valence-corrected chi connectivity index (χ1v) is 8.71. The standard InChI is InChI=1S/C21H16F3N3O/c22-21(23,24)16-5-7-17(8-6-16)26-18-11-15(12-25-13-18)20(28)27-10-9-14-3-1-2-4-19(14)27/h1-8,11-13,26H,9-10H2. The number of fused-ring (bicyclic) bond motifs is 1. The van der Waals surface area contributed by atoms with Gasteiger partial charge in [-0.1, -0.05) is 18.2 Å². The average Bonchev–Trinajstić information content (AvgIpc) is 3.11. The molecule has 1 N–H and O–H groups in total. The minimum atomic E-state index is -4.38. The van der Waals surface area contributed by atoms with Crippen molar-refractivity contribution < 1.29 is 18.0 Å². The summed E-state index contributed by atoms with van der Waals surface area (Å²) in [7, 11) is 0. The number of amides is 1. The van der Waals surface area contributed by atoms with Gasteiger partial charge < -0.3 is 10.2 Å². The molecule has 1 amide bonds. The first-order valence-electron chi connectivity index (χ1n) is 8.71. The van der Waals surface area contributed by atoms with E-state index in [9.17, 15) is 18.0 Å². The van der Waals surface area contributed by atoms with Gasteiger partial charge in [0.05, 0.1) is 23.0 Å². The fraction of sp³-hybridized carbons (Fsp3) is 0.143. The molecule has 1 aromatic heterocycles. The van der Waals surface area contributed by atoms with E-state index in [4.69, 9.17) is 0 Å². The van der Waals surface area contributed by atoms with E-state index in [1.54, 1.807) is 11.0 Å². The van der Waals surface area contributed by atoms with Crippen LogP contribution in [0.15, 0.2) is 67.0 Å². The van der Waals surface area contributed by atoms with Crippen LogP contribution in [-0.4, -0.2) is 17.4 Å². The van der Waals surface area contributed by atoms with Crippen LogP contribution in [0.5, 0.6) is 0 Å². The molecule has 0 atom stereocenters. The number of halogens is 3. The summed E-state index contributed by atoms with van der Waals surface area (Å²) in [4.78, 5) is 18.7. The van der Waals surface area contributed by atoms with E-state index in [1.807, 2.05) is 24.3 Å². The quantitative estimate of drug-likeness (QED) is 0.689. The Morgan fingerprint density at radius 2 is 1.75 bits per heavy atom. The third kappa shape index (κ3) is 3.55. The largest absolute Gasteiger partial charge is 0.416 e. The second-order valence-corrected chi connectivity index (χ2v) is 6.50. The molecule has 2 heterocycles. The van der Waals surface area contributed by atoms with E-state index >= 15 is 0 Å². The van der Waals surface area contributed by atoms with Crippen molar-refractivity contribution in [3.05, 3.63) is 83.7 Å². The molecule has 0 saturated heterocycles. The molecule has 0 spiro atoms. The van der Waals surface area contributed by atoms with Gasteiger partial charge in [-0.05, 0) is 48.4 Å². The molecule has 4 rings (SSSR count). The molecular formula is C21H16F3N3O. The number of hydrogen-bond donors (Lipinski definition) is 1. The van der Waals surface area contributed by atoms with Crippen molar-refractivity contribution in [1.82, 2.24) is 4.98 Å². The second-order valence-electron chi connectivity index (χ2n) is 6.50. The molecule has 1 aliphatic heterocycles. The Morgan fingerprint density at radius 1 is 1.00 bits per heavy atom. The van der Waals surface area contributed by atoms with Gasteiger partial charge in [0.25, 0.3) is 5.91 Å². The summed E-state index contributed by atoms with van der Waals surface area (Å²) in [6.45, 7) is 0.606. The lowest BCUT2D eigenvalue weighted by Crippen LogP contribution is -2.29. The molecule has 0 bridgehead atoms. The lowest BCUT2D eigenvalue weighted by molar-refractivity contribution is -0.137. The number of anilines is 3. The Hall–Kier alpha value is -3.35. The smallest absolute Gasteiger partial charge is 0.354 e. The van der Waals surface area contributed by atoms with Crippen LogP contribution in [0.4, 0.5) is 30.2 Å². The summed E-state index contributed by atoms with van der Waals surface area (Å²) in [5.41, 5.74) is 2.72. The lowest BCUT2D eigenvalue weighted by atomic mass is 10.1. The Balaban J connectivity index is 1.53. The van der Waals surface area contributed by atoms with Gasteiger partial charge in [0, 0.05) is 24.1 Å². The highest BCUT2D eigenvalue weighted by atomic mass is 19.4. The molecule has 142 valence electrons. The molecule has 0 fully saturated rings. The predicted octanol–water partition coefficient (Wildman–Crippen LogP) is 5.05. The average molecular weight is 383 g/mol. The van der Waals surface area contributed by atoms with Crippen molar-refractivity contribution in [3.8, 4) is 0 Å². The number of hydrogen-bond acceptors (Lipinski definition) is 3. The van der Waals surface area contributed by atoms with Crippen molar-refractivity contribution in [3.63, 3.8) is 0 Å². The van der Waals surface area contributed by atoms with Crippen molar-refractivity contribution in [2.24, 2.45) is 0 Å². The maximum atomic E-state index is 12.9. The highest BCUT2D eigenvalue weighted by molar-refractivity contribution is 6.07. The zero-order valence-electron chi connectivity index (χ0n) is 14.7. The molecule has 0 unspecified atom stereocenters. The summed E-state index contributed by atoms with van der Waals surface area (Å²) in [6, 6.07) is 14.1. The molecule has 7 heteroatoms. The van der Waals surface area contributed by atoms with Crippen LogP contribution in [-0.2, 0) is 12.6 Å². The predicted molar refractivity (Wildman–Crippen MR) is 101 cm³/mol. The molecule has 0 aliphatic carbocycles. The number of para-hydroxylation sites is 1. The highest BCUT2D eigenvalue weighted by Crippen LogP contribution is 2.31. The van der Waals surface area contributed by atoms with Crippen molar-refractivity contribution >= 4 is 23.0 Å². The lowest BCUT2D eigenvalue weighted by Gasteiger charge is -2.17. The van der Waals surface area contributed by atoms with Crippen LogP contribution in [0.3, 0.4) is 0 Å². The number of benzene rings is 2. The monoisotopic (exact) mass is 383 g/mol. The molecular weight excluding hydrogens is 367 g/mol. The third-order valence-electron chi connectivity index (χ3n) is 4.62. The van der Waals surface area contributed by atoms with Crippen LogP contribution in [0.1, 0.15) is 21.5 Å². The molecule has 3 aromatic rings. The van der Waals surface area contributed by atoms with Crippen LogP contribution in [0.25, 0.3) is 0 Å². The van der Waals surface area contributed by atoms with Gasteiger partial charge in [-0.2, -0.15) is 13.2 Å². The van der Waals surface area contributed by atoms with E-state index in [1.165, 1.54) is 24.5 Å². The topological polar surface area (TPSA) is 45.2 Å². The number of nitrogens with zero attached hydrogens (tertiary/aromatic N) is 2. The summed E-state index contributed by atoms with van der Waals surface area (Å²) in [5, 5.41) is 2.99. The molecule has 0 saturated carbocycles.